The third-order valence-electron chi connectivity index (χ3n) is 3.26. The third-order valence-corrected chi connectivity index (χ3v) is 3.26. The zero-order chi connectivity index (χ0) is 12.9. The van der Waals surface area contributed by atoms with Crippen LogP contribution in [0, 0.1) is 0 Å². The predicted molar refractivity (Wildman–Crippen MR) is 71.1 cm³/mol. The van der Waals surface area contributed by atoms with Gasteiger partial charge in [0.25, 0.3) is 0 Å². The van der Waals surface area contributed by atoms with Gasteiger partial charge in [-0.1, -0.05) is 6.92 Å². The lowest BCUT2D eigenvalue weighted by Gasteiger charge is -2.42. The Morgan fingerprint density at radius 1 is 1.18 bits per heavy atom. The highest BCUT2D eigenvalue weighted by Gasteiger charge is 2.26. The van der Waals surface area contributed by atoms with Crippen molar-refractivity contribution < 1.29 is 4.79 Å². The quantitative estimate of drug-likeness (QED) is 0.795. The highest BCUT2D eigenvalue weighted by Crippen LogP contribution is 2.15. The number of carbonyl (C=O) groups is 1. The average molecular weight is 241 g/mol. The normalized spacial score (nSPS) is 19.3. The minimum absolute atomic E-state index is 0.163. The van der Waals surface area contributed by atoms with Crippen LogP contribution in [0.3, 0.4) is 0 Å². The highest BCUT2D eigenvalue weighted by molar-refractivity contribution is 5.77. The molecule has 1 heterocycles. The molecule has 1 amide bonds. The van der Waals surface area contributed by atoms with Crippen LogP contribution < -0.4 is 5.32 Å². The SMILES string of the molecule is CCCNC(=O)CN1CCN(C(C)(C)C)CC1. The van der Waals surface area contributed by atoms with Gasteiger partial charge in [0, 0.05) is 38.3 Å². The molecule has 0 spiro atoms. The Labute approximate surface area is 105 Å². The topological polar surface area (TPSA) is 35.6 Å². The van der Waals surface area contributed by atoms with E-state index in [1.165, 1.54) is 0 Å². The molecule has 4 nitrogen and oxygen atoms in total. The average Bonchev–Trinajstić information content (AvgIpc) is 2.26. The predicted octanol–water partition coefficient (Wildman–Crippen LogP) is 0.929. The van der Waals surface area contributed by atoms with E-state index in [1.54, 1.807) is 0 Å². The molecule has 1 aliphatic rings. The maximum Gasteiger partial charge on any atom is 0.234 e. The van der Waals surface area contributed by atoms with Gasteiger partial charge in [-0.15, -0.1) is 0 Å². The second-order valence-corrected chi connectivity index (χ2v) is 5.78. The van der Waals surface area contributed by atoms with Crippen molar-refractivity contribution in [1.29, 1.82) is 0 Å². The number of amides is 1. The first-order valence-corrected chi connectivity index (χ1v) is 6.67. The lowest BCUT2D eigenvalue weighted by Crippen LogP contribution is -2.54. The number of piperazine rings is 1. The minimum atomic E-state index is 0.163. The van der Waals surface area contributed by atoms with Crippen molar-refractivity contribution in [1.82, 2.24) is 15.1 Å². The highest BCUT2D eigenvalue weighted by atomic mass is 16.2. The van der Waals surface area contributed by atoms with Gasteiger partial charge in [0.05, 0.1) is 6.54 Å². The fourth-order valence-corrected chi connectivity index (χ4v) is 2.10. The zero-order valence-corrected chi connectivity index (χ0v) is 11.8. The van der Waals surface area contributed by atoms with Gasteiger partial charge in [0.1, 0.15) is 0 Å². The number of hydrogen-bond donors (Lipinski definition) is 1. The standard InChI is InChI=1S/C13H27N3O/c1-5-6-14-12(17)11-15-7-9-16(10-8-15)13(2,3)4/h5-11H2,1-4H3,(H,14,17). The molecule has 0 saturated carbocycles. The Bertz CT molecular complexity index is 240. The van der Waals surface area contributed by atoms with Crippen LogP contribution in [0.2, 0.25) is 0 Å². The van der Waals surface area contributed by atoms with Crippen LogP contribution in [0.15, 0.2) is 0 Å². The molecule has 0 unspecified atom stereocenters. The summed E-state index contributed by atoms with van der Waals surface area (Å²) in [5.41, 5.74) is 0.247. The summed E-state index contributed by atoms with van der Waals surface area (Å²) in [4.78, 5) is 16.3. The number of hydrogen-bond acceptors (Lipinski definition) is 3. The summed E-state index contributed by atoms with van der Waals surface area (Å²) in [5, 5.41) is 2.93. The molecule has 0 aliphatic carbocycles. The molecule has 1 saturated heterocycles. The van der Waals surface area contributed by atoms with E-state index >= 15 is 0 Å². The Kier molecular flexibility index (Phi) is 5.40. The molecule has 0 aromatic carbocycles. The Hall–Kier alpha value is -0.610. The van der Waals surface area contributed by atoms with Crippen LogP contribution >= 0.6 is 0 Å². The molecular formula is C13H27N3O. The van der Waals surface area contributed by atoms with Crippen molar-refractivity contribution >= 4 is 5.91 Å². The summed E-state index contributed by atoms with van der Waals surface area (Å²) in [7, 11) is 0. The lowest BCUT2D eigenvalue weighted by molar-refractivity contribution is -0.122. The van der Waals surface area contributed by atoms with E-state index in [0.717, 1.165) is 39.1 Å². The van der Waals surface area contributed by atoms with E-state index in [9.17, 15) is 4.79 Å². The molecule has 0 aromatic heterocycles. The second-order valence-electron chi connectivity index (χ2n) is 5.78. The maximum atomic E-state index is 11.6. The van der Waals surface area contributed by atoms with Crippen molar-refractivity contribution in [2.45, 2.75) is 39.7 Å². The van der Waals surface area contributed by atoms with Crippen LogP contribution in [0.1, 0.15) is 34.1 Å². The Morgan fingerprint density at radius 2 is 1.76 bits per heavy atom. The van der Waals surface area contributed by atoms with Gasteiger partial charge in [-0.25, -0.2) is 0 Å². The minimum Gasteiger partial charge on any atom is -0.355 e. The van der Waals surface area contributed by atoms with Gasteiger partial charge in [-0.3, -0.25) is 14.6 Å². The van der Waals surface area contributed by atoms with Gasteiger partial charge in [0.15, 0.2) is 0 Å². The zero-order valence-electron chi connectivity index (χ0n) is 11.8. The fraction of sp³-hybridized carbons (Fsp3) is 0.923. The van der Waals surface area contributed by atoms with Crippen LogP contribution in [-0.4, -0.2) is 60.5 Å². The largest absolute Gasteiger partial charge is 0.355 e. The lowest BCUT2D eigenvalue weighted by atomic mass is 10.1. The molecule has 4 heteroatoms. The molecule has 0 aromatic rings. The van der Waals surface area contributed by atoms with Crippen LogP contribution in [-0.2, 0) is 4.79 Å². The smallest absolute Gasteiger partial charge is 0.234 e. The first kappa shape index (κ1) is 14.5. The van der Waals surface area contributed by atoms with Crippen molar-refractivity contribution in [3.05, 3.63) is 0 Å². The van der Waals surface area contributed by atoms with E-state index in [-0.39, 0.29) is 11.4 Å². The van der Waals surface area contributed by atoms with Crippen LogP contribution in [0.5, 0.6) is 0 Å². The van der Waals surface area contributed by atoms with Crippen molar-refractivity contribution in [3.8, 4) is 0 Å². The summed E-state index contributed by atoms with van der Waals surface area (Å²) < 4.78 is 0. The fourth-order valence-electron chi connectivity index (χ4n) is 2.10. The molecule has 1 fully saturated rings. The molecule has 0 bridgehead atoms. The maximum absolute atomic E-state index is 11.6. The van der Waals surface area contributed by atoms with Gasteiger partial charge >= 0.3 is 0 Å². The van der Waals surface area contributed by atoms with Gasteiger partial charge in [0.2, 0.25) is 5.91 Å². The summed E-state index contributed by atoms with van der Waals surface area (Å²) in [6.45, 7) is 14.3. The monoisotopic (exact) mass is 241 g/mol. The molecule has 1 aliphatic heterocycles. The first-order valence-electron chi connectivity index (χ1n) is 6.67. The van der Waals surface area contributed by atoms with E-state index in [1.807, 2.05) is 0 Å². The number of nitrogens with zero attached hydrogens (tertiary/aromatic N) is 2. The number of carbonyl (C=O) groups excluding carboxylic acids is 1. The number of nitrogens with one attached hydrogen (secondary N) is 1. The van der Waals surface area contributed by atoms with Crippen molar-refractivity contribution in [2.75, 3.05) is 39.3 Å². The Balaban J connectivity index is 2.25. The van der Waals surface area contributed by atoms with Gasteiger partial charge in [-0.2, -0.15) is 0 Å². The molecule has 1 N–H and O–H groups in total. The van der Waals surface area contributed by atoms with Gasteiger partial charge in [-0.05, 0) is 27.2 Å². The second kappa shape index (κ2) is 6.36. The van der Waals surface area contributed by atoms with Crippen molar-refractivity contribution in [2.24, 2.45) is 0 Å². The number of rotatable bonds is 4. The van der Waals surface area contributed by atoms with Crippen molar-refractivity contribution in [3.63, 3.8) is 0 Å². The molecule has 17 heavy (non-hydrogen) atoms. The molecule has 1 rings (SSSR count). The molecule has 0 atom stereocenters. The molecule has 0 radical (unpaired) electrons. The molecular weight excluding hydrogens is 214 g/mol. The first-order chi connectivity index (χ1) is 7.93. The summed E-state index contributed by atoms with van der Waals surface area (Å²) >= 11 is 0. The summed E-state index contributed by atoms with van der Waals surface area (Å²) in [6, 6.07) is 0. The van der Waals surface area contributed by atoms with E-state index in [2.05, 4.69) is 42.8 Å². The summed E-state index contributed by atoms with van der Waals surface area (Å²) in [6.07, 6.45) is 1.00. The van der Waals surface area contributed by atoms with Crippen LogP contribution in [0.4, 0.5) is 0 Å². The summed E-state index contributed by atoms with van der Waals surface area (Å²) in [5.74, 6) is 0.163. The third kappa shape index (κ3) is 5.04. The van der Waals surface area contributed by atoms with E-state index in [4.69, 9.17) is 0 Å². The Morgan fingerprint density at radius 3 is 2.24 bits per heavy atom. The van der Waals surface area contributed by atoms with Gasteiger partial charge < -0.3 is 5.32 Å². The van der Waals surface area contributed by atoms with Crippen LogP contribution in [0.25, 0.3) is 0 Å². The van der Waals surface area contributed by atoms with E-state index in [0.29, 0.717) is 6.54 Å². The molecule has 100 valence electrons. The van der Waals surface area contributed by atoms with E-state index < -0.39 is 0 Å².